The maximum Gasteiger partial charge on any atom is 0.253 e. The van der Waals surface area contributed by atoms with Crippen LogP contribution in [0, 0.1) is 11.3 Å². The first kappa shape index (κ1) is 20.1. The summed E-state index contributed by atoms with van der Waals surface area (Å²) in [6.07, 6.45) is 3.77. The zero-order valence-corrected chi connectivity index (χ0v) is 16.6. The summed E-state index contributed by atoms with van der Waals surface area (Å²) >= 11 is 0. The third-order valence-corrected chi connectivity index (χ3v) is 6.44. The zero-order chi connectivity index (χ0) is 20.1. The summed E-state index contributed by atoms with van der Waals surface area (Å²) in [4.78, 5) is 14.4. The van der Waals surface area contributed by atoms with Crippen LogP contribution in [0.5, 0.6) is 0 Å². The first-order chi connectivity index (χ1) is 13.4. The lowest BCUT2D eigenvalue weighted by molar-refractivity contribution is 0.0785. The lowest BCUT2D eigenvalue weighted by Gasteiger charge is -2.18. The van der Waals surface area contributed by atoms with E-state index in [9.17, 15) is 13.2 Å². The molecule has 7 heteroatoms. The Morgan fingerprint density at radius 1 is 1.18 bits per heavy atom. The third kappa shape index (κ3) is 4.77. The predicted octanol–water partition coefficient (Wildman–Crippen LogP) is 3.05. The van der Waals surface area contributed by atoms with E-state index in [1.807, 2.05) is 0 Å². The van der Waals surface area contributed by atoms with Gasteiger partial charge in [-0.25, -0.2) is 13.1 Å². The summed E-state index contributed by atoms with van der Waals surface area (Å²) in [6, 6.07) is 15.2. The van der Waals surface area contributed by atoms with Crippen LogP contribution in [0.25, 0.3) is 0 Å². The number of rotatable bonds is 6. The van der Waals surface area contributed by atoms with Crippen molar-refractivity contribution < 1.29 is 13.2 Å². The van der Waals surface area contributed by atoms with Crippen molar-refractivity contribution in [3.05, 3.63) is 65.2 Å². The molecule has 0 unspecified atom stereocenters. The largest absolute Gasteiger partial charge is 0.337 e. The molecule has 0 heterocycles. The molecule has 0 aromatic heterocycles. The fraction of sp³-hybridized carbons (Fsp3) is 0.333. The van der Waals surface area contributed by atoms with Gasteiger partial charge in [0.05, 0.1) is 16.5 Å². The van der Waals surface area contributed by atoms with E-state index in [0.29, 0.717) is 17.7 Å². The molecule has 0 saturated heterocycles. The molecule has 0 bridgehead atoms. The highest BCUT2D eigenvalue weighted by Gasteiger charge is 2.24. The Bertz CT molecular complexity index is 988. The molecule has 146 valence electrons. The van der Waals surface area contributed by atoms with E-state index in [1.54, 1.807) is 43.4 Å². The average molecular weight is 398 g/mol. The molecule has 28 heavy (non-hydrogen) atoms. The number of hydrogen-bond acceptors (Lipinski definition) is 4. The fourth-order valence-electron chi connectivity index (χ4n) is 3.38. The van der Waals surface area contributed by atoms with Crippen LogP contribution in [0.2, 0.25) is 0 Å². The van der Waals surface area contributed by atoms with Crippen molar-refractivity contribution in [3.8, 4) is 6.07 Å². The molecular weight excluding hydrogens is 374 g/mol. The first-order valence-electron chi connectivity index (χ1n) is 9.26. The maximum absolute atomic E-state index is 12.8. The van der Waals surface area contributed by atoms with Crippen LogP contribution in [0.3, 0.4) is 0 Å². The zero-order valence-electron chi connectivity index (χ0n) is 15.8. The number of hydrogen-bond donors (Lipinski definition) is 1. The van der Waals surface area contributed by atoms with Crippen LogP contribution in [0.15, 0.2) is 53.4 Å². The van der Waals surface area contributed by atoms with Crippen LogP contribution in [0.4, 0.5) is 0 Å². The molecule has 1 saturated carbocycles. The molecule has 1 fully saturated rings. The van der Waals surface area contributed by atoms with Gasteiger partial charge in [0.1, 0.15) is 0 Å². The molecular formula is C21H23N3O3S. The number of nitriles is 1. The highest BCUT2D eigenvalue weighted by atomic mass is 32.2. The second kappa shape index (κ2) is 8.55. The molecule has 3 rings (SSSR count). The van der Waals surface area contributed by atoms with Crippen LogP contribution in [-0.4, -0.2) is 32.3 Å². The molecule has 1 N–H and O–H groups in total. The summed E-state index contributed by atoms with van der Waals surface area (Å²) in [5, 5.41) is 8.86. The van der Waals surface area contributed by atoms with Gasteiger partial charge in [0.15, 0.2) is 0 Å². The summed E-state index contributed by atoms with van der Waals surface area (Å²) in [5.41, 5.74) is 1.78. The molecule has 0 radical (unpaired) electrons. The molecule has 0 aliphatic heterocycles. The first-order valence-corrected chi connectivity index (χ1v) is 10.7. The number of carbonyl (C=O) groups excluding carboxylic acids is 1. The topological polar surface area (TPSA) is 90.3 Å². The second-order valence-corrected chi connectivity index (χ2v) is 8.81. The van der Waals surface area contributed by atoms with Gasteiger partial charge in [0.25, 0.3) is 5.91 Å². The van der Waals surface area contributed by atoms with Gasteiger partial charge in [-0.1, -0.05) is 31.0 Å². The number of nitrogens with zero attached hydrogens (tertiary/aromatic N) is 2. The quantitative estimate of drug-likeness (QED) is 0.811. The molecule has 1 aliphatic carbocycles. The number of amides is 1. The number of carbonyl (C=O) groups is 1. The van der Waals surface area contributed by atoms with Gasteiger partial charge >= 0.3 is 0 Å². The highest BCUT2D eigenvalue weighted by molar-refractivity contribution is 7.89. The van der Waals surface area contributed by atoms with E-state index in [4.69, 9.17) is 5.26 Å². The van der Waals surface area contributed by atoms with Crippen molar-refractivity contribution in [2.45, 2.75) is 43.2 Å². The van der Waals surface area contributed by atoms with Crippen molar-refractivity contribution in [1.82, 2.24) is 9.62 Å². The van der Waals surface area contributed by atoms with Crippen LogP contribution in [-0.2, 0) is 16.6 Å². The molecule has 6 nitrogen and oxygen atoms in total. The highest BCUT2D eigenvalue weighted by Crippen LogP contribution is 2.21. The van der Waals surface area contributed by atoms with Crippen LogP contribution >= 0.6 is 0 Å². The minimum Gasteiger partial charge on any atom is -0.337 e. The number of benzene rings is 2. The summed E-state index contributed by atoms with van der Waals surface area (Å²) in [6.45, 7) is 0.363. The lowest BCUT2D eigenvalue weighted by atomic mass is 10.1. The Kier molecular flexibility index (Phi) is 6.12. The van der Waals surface area contributed by atoms with E-state index in [1.165, 1.54) is 17.0 Å². The Hall–Kier alpha value is -2.69. The van der Waals surface area contributed by atoms with Gasteiger partial charge in [-0.2, -0.15) is 5.26 Å². The van der Waals surface area contributed by atoms with Crippen molar-refractivity contribution >= 4 is 15.9 Å². The van der Waals surface area contributed by atoms with E-state index in [0.717, 1.165) is 31.2 Å². The summed E-state index contributed by atoms with van der Waals surface area (Å²) in [5.74, 6) is -0.262. The minimum absolute atomic E-state index is 0.0246. The molecule has 1 aliphatic rings. The van der Waals surface area contributed by atoms with Crippen molar-refractivity contribution in [2.24, 2.45) is 0 Å². The number of sulfonamides is 1. The van der Waals surface area contributed by atoms with E-state index >= 15 is 0 Å². The predicted molar refractivity (Wildman–Crippen MR) is 106 cm³/mol. The van der Waals surface area contributed by atoms with Crippen LogP contribution < -0.4 is 4.72 Å². The van der Waals surface area contributed by atoms with Gasteiger partial charge in [0.2, 0.25) is 10.0 Å². The SMILES string of the molecule is CN(Cc1ccc(C#N)cc1)C(=O)c1cccc(S(=O)(=O)NC2CCCC2)c1. The fourth-order valence-corrected chi connectivity index (χ4v) is 4.73. The molecule has 1 amide bonds. The van der Waals surface area contributed by atoms with Gasteiger partial charge in [-0.15, -0.1) is 0 Å². The smallest absolute Gasteiger partial charge is 0.253 e. The minimum atomic E-state index is -3.64. The second-order valence-electron chi connectivity index (χ2n) is 7.10. The van der Waals surface area contributed by atoms with Crippen molar-refractivity contribution in [1.29, 1.82) is 5.26 Å². The van der Waals surface area contributed by atoms with E-state index in [2.05, 4.69) is 10.8 Å². The Morgan fingerprint density at radius 2 is 1.86 bits per heavy atom. The van der Waals surface area contributed by atoms with E-state index < -0.39 is 10.0 Å². The molecule has 2 aromatic rings. The Labute approximate surface area is 165 Å². The van der Waals surface area contributed by atoms with Gasteiger partial charge < -0.3 is 4.90 Å². The summed E-state index contributed by atoms with van der Waals surface area (Å²) in [7, 11) is -1.98. The molecule has 0 atom stereocenters. The van der Waals surface area contributed by atoms with Gasteiger partial charge in [-0.05, 0) is 48.7 Å². The molecule has 0 spiro atoms. The number of nitrogens with one attached hydrogen (secondary N) is 1. The monoisotopic (exact) mass is 397 g/mol. The normalized spacial score (nSPS) is 14.6. The van der Waals surface area contributed by atoms with Crippen LogP contribution in [0.1, 0.15) is 47.2 Å². The van der Waals surface area contributed by atoms with Crippen molar-refractivity contribution in [2.75, 3.05) is 7.05 Å². The van der Waals surface area contributed by atoms with Gasteiger partial charge in [0, 0.05) is 25.2 Å². The standard InChI is InChI=1S/C21H23N3O3S/c1-24(15-17-11-9-16(14-22)10-12-17)21(25)18-5-4-8-20(13-18)28(26,27)23-19-6-2-3-7-19/h4-5,8-13,19,23H,2-3,6-7,15H2,1H3. The third-order valence-electron chi connectivity index (χ3n) is 4.92. The summed E-state index contributed by atoms with van der Waals surface area (Å²) < 4.78 is 28.0. The molecule has 2 aromatic carbocycles. The van der Waals surface area contributed by atoms with E-state index in [-0.39, 0.29) is 16.8 Å². The Balaban J connectivity index is 1.72. The maximum atomic E-state index is 12.8. The van der Waals surface area contributed by atoms with Gasteiger partial charge in [-0.3, -0.25) is 4.79 Å². The average Bonchev–Trinajstić information content (AvgIpc) is 3.20. The van der Waals surface area contributed by atoms with Crippen molar-refractivity contribution in [3.63, 3.8) is 0 Å². The Morgan fingerprint density at radius 3 is 2.50 bits per heavy atom. The lowest BCUT2D eigenvalue weighted by Crippen LogP contribution is -2.33.